The lowest BCUT2D eigenvalue weighted by molar-refractivity contribution is -0.126. The summed E-state index contributed by atoms with van der Waals surface area (Å²) in [5.41, 5.74) is 2.55. The monoisotopic (exact) mass is 496 g/mol. The molecule has 3 aliphatic rings. The molecule has 1 aliphatic carbocycles. The van der Waals surface area contributed by atoms with Gasteiger partial charge in [0.05, 0.1) is 17.1 Å². The fraction of sp³-hybridized carbons (Fsp3) is 0.500. The van der Waals surface area contributed by atoms with Crippen LogP contribution in [0.3, 0.4) is 0 Å². The summed E-state index contributed by atoms with van der Waals surface area (Å²) < 4.78 is 28.2. The Labute approximate surface area is 206 Å². The standard InChI is InChI=1S/C26H32N4O4S/c1-18-15-21-16-23(8-9-24(21)30(18)26(32)20-5-4-6-20)35(33,34)29-13-10-19(11-14-29)25(31)28-17-22-7-2-3-12-27-22/h2-3,7-9,12,16,18-20H,4-6,10-11,13-15,17H2,1H3,(H,28,31)/t18-/m0/s1. The van der Waals surface area contributed by atoms with Crippen LogP contribution in [-0.2, 0) is 32.6 Å². The molecule has 8 nitrogen and oxygen atoms in total. The molecule has 35 heavy (non-hydrogen) atoms. The van der Waals surface area contributed by atoms with Crippen LogP contribution in [-0.4, -0.2) is 48.7 Å². The van der Waals surface area contributed by atoms with E-state index in [2.05, 4.69) is 10.3 Å². The van der Waals surface area contributed by atoms with Crippen LogP contribution in [0, 0.1) is 11.8 Å². The van der Waals surface area contributed by atoms with Gasteiger partial charge in [-0.15, -0.1) is 0 Å². The summed E-state index contributed by atoms with van der Waals surface area (Å²) in [5, 5.41) is 2.91. The number of carbonyl (C=O) groups excluding carboxylic acids is 2. The Morgan fingerprint density at radius 2 is 1.83 bits per heavy atom. The van der Waals surface area contributed by atoms with Gasteiger partial charge in [-0.25, -0.2) is 8.42 Å². The topological polar surface area (TPSA) is 99.7 Å². The maximum atomic E-state index is 13.4. The van der Waals surface area contributed by atoms with Crippen LogP contribution in [0.2, 0.25) is 0 Å². The van der Waals surface area contributed by atoms with E-state index in [-0.39, 0.29) is 34.6 Å². The van der Waals surface area contributed by atoms with Crippen molar-refractivity contribution >= 4 is 27.5 Å². The van der Waals surface area contributed by atoms with E-state index in [1.54, 1.807) is 24.4 Å². The quantitative estimate of drug-likeness (QED) is 0.663. The molecule has 1 atom stereocenters. The molecule has 1 aromatic heterocycles. The SMILES string of the molecule is C[C@H]1Cc2cc(S(=O)(=O)N3CCC(C(=O)NCc4ccccn4)CC3)ccc2N1C(=O)C1CCC1. The van der Waals surface area contributed by atoms with Crippen molar-refractivity contribution in [2.75, 3.05) is 18.0 Å². The molecule has 0 radical (unpaired) electrons. The lowest BCUT2D eigenvalue weighted by Gasteiger charge is -2.32. The van der Waals surface area contributed by atoms with E-state index >= 15 is 0 Å². The van der Waals surface area contributed by atoms with Gasteiger partial charge in [0.1, 0.15) is 0 Å². The fourth-order valence-electron chi connectivity index (χ4n) is 5.29. The van der Waals surface area contributed by atoms with Crippen LogP contribution >= 0.6 is 0 Å². The maximum Gasteiger partial charge on any atom is 0.243 e. The Balaban J connectivity index is 1.22. The molecule has 2 aromatic rings. The van der Waals surface area contributed by atoms with E-state index in [0.717, 1.165) is 36.2 Å². The van der Waals surface area contributed by atoms with Crippen molar-refractivity contribution in [2.24, 2.45) is 11.8 Å². The number of carbonyl (C=O) groups is 2. The van der Waals surface area contributed by atoms with E-state index in [0.29, 0.717) is 38.9 Å². The van der Waals surface area contributed by atoms with E-state index in [1.165, 1.54) is 4.31 Å². The summed E-state index contributed by atoms with van der Waals surface area (Å²) in [5.74, 6) is 0.00307. The highest BCUT2D eigenvalue weighted by molar-refractivity contribution is 7.89. The molecular weight excluding hydrogens is 464 g/mol. The van der Waals surface area contributed by atoms with Crippen LogP contribution in [0.1, 0.15) is 50.3 Å². The van der Waals surface area contributed by atoms with Gasteiger partial charge in [-0.2, -0.15) is 4.31 Å². The second kappa shape index (κ2) is 9.70. The van der Waals surface area contributed by atoms with Crippen LogP contribution in [0.25, 0.3) is 0 Å². The zero-order valence-corrected chi connectivity index (χ0v) is 20.8. The molecule has 0 spiro atoms. The molecule has 0 bridgehead atoms. The third kappa shape index (κ3) is 4.71. The molecule has 1 N–H and O–H groups in total. The molecule has 1 saturated carbocycles. The predicted molar refractivity (Wildman–Crippen MR) is 132 cm³/mol. The summed E-state index contributed by atoms with van der Waals surface area (Å²) in [7, 11) is -3.66. The highest BCUT2D eigenvalue weighted by atomic mass is 32.2. The Bertz CT molecular complexity index is 1210. The van der Waals surface area contributed by atoms with Crippen molar-refractivity contribution in [2.45, 2.75) is 62.9 Å². The Morgan fingerprint density at radius 1 is 1.06 bits per heavy atom. The second-order valence-corrected chi connectivity index (χ2v) is 11.8. The highest BCUT2D eigenvalue weighted by Gasteiger charge is 2.38. The number of sulfonamides is 1. The molecule has 1 aromatic carbocycles. The number of rotatable bonds is 6. The number of amides is 2. The molecule has 2 aliphatic heterocycles. The van der Waals surface area contributed by atoms with E-state index in [4.69, 9.17) is 0 Å². The predicted octanol–water partition coefficient (Wildman–Crippen LogP) is 2.88. The van der Waals surface area contributed by atoms with Gasteiger partial charge in [0.2, 0.25) is 21.8 Å². The number of pyridine rings is 1. The average molecular weight is 497 g/mol. The zero-order chi connectivity index (χ0) is 24.6. The number of benzene rings is 1. The lowest BCUT2D eigenvalue weighted by Crippen LogP contribution is -2.43. The van der Waals surface area contributed by atoms with E-state index in [9.17, 15) is 18.0 Å². The highest BCUT2D eigenvalue weighted by Crippen LogP contribution is 2.38. The van der Waals surface area contributed by atoms with Crippen LogP contribution in [0.4, 0.5) is 5.69 Å². The molecule has 1 saturated heterocycles. The normalized spacial score (nSPS) is 21.4. The minimum Gasteiger partial charge on any atom is -0.350 e. The van der Waals surface area contributed by atoms with Gasteiger partial charge in [-0.05, 0) is 74.9 Å². The number of hydrogen-bond acceptors (Lipinski definition) is 5. The number of anilines is 1. The molecule has 0 unspecified atom stereocenters. The van der Waals surface area contributed by atoms with Gasteiger partial charge >= 0.3 is 0 Å². The summed E-state index contributed by atoms with van der Waals surface area (Å²) in [6.07, 6.45) is 6.31. The number of nitrogens with one attached hydrogen (secondary N) is 1. The van der Waals surface area contributed by atoms with Crippen molar-refractivity contribution in [3.63, 3.8) is 0 Å². The van der Waals surface area contributed by atoms with Crippen molar-refractivity contribution in [3.8, 4) is 0 Å². The summed E-state index contributed by atoms with van der Waals surface area (Å²) in [6, 6.07) is 10.8. The van der Waals surface area contributed by atoms with Gasteiger partial charge < -0.3 is 10.2 Å². The largest absolute Gasteiger partial charge is 0.350 e. The first-order valence-electron chi connectivity index (χ1n) is 12.5. The zero-order valence-electron chi connectivity index (χ0n) is 20.0. The second-order valence-electron chi connectivity index (χ2n) is 9.90. The van der Waals surface area contributed by atoms with Gasteiger partial charge in [-0.3, -0.25) is 14.6 Å². The Morgan fingerprint density at radius 3 is 2.49 bits per heavy atom. The number of nitrogens with zero attached hydrogens (tertiary/aromatic N) is 3. The van der Waals surface area contributed by atoms with Crippen LogP contribution in [0.5, 0.6) is 0 Å². The van der Waals surface area contributed by atoms with Crippen molar-refractivity contribution in [3.05, 3.63) is 53.9 Å². The number of hydrogen-bond donors (Lipinski definition) is 1. The molecule has 2 fully saturated rings. The summed E-state index contributed by atoms with van der Waals surface area (Å²) >= 11 is 0. The molecule has 5 rings (SSSR count). The molecule has 9 heteroatoms. The smallest absolute Gasteiger partial charge is 0.243 e. The third-order valence-corrected chi connectivity index (χ3v) is 9.49. The number of piperidine rings is 1. The van der Waals surface area contributed by atoms with Gasteiger partial charge in [0.25, 0.3) is 0 Å². The lowest BCUT2D eigenvalue weighted by atomic mass is 9.84. The first-order valence-corrected chi connectivity index (χ1v) is 13.9. The molecular formula is C26H32N4O4S. The van der Waals surface area contributed by atoms with Crippen LogP contribution < -0.4 is 10.2 Å². The minimum atomic E-state index is -3.66. The summed E-state index contributed by atoms with van der Waals surface area (Å²) in [4.78, 5) is 31.8. The summed E-state index contributed by atoms with van der Waals surface area (Å²) in [6.45, 7) is 3.01. The fourth-order valence-corrected chi connectivity index (χ4v) is 6.81. The first kappa shape index (κ1) is 23.9. The third-order valence-electron chi connectivity index (χ3n) is 7.59. The van der Waals surface area contributed by atoms with Crippen LogP contribution in [0.15, 0.2) is 47.5 Å². The van der Waals surface area contributed by atoms with Crippen molar-refractivity contribution in [1.82, 2.24) is 14.6 Å². The van der Waals surface area contributed by atoms with Gasteiger partial charge in [-0.1, -0.05) is 12.5 Å². The first-order chi connectivity index (χ1) is 16.8. The molecule has 3 heterocycles. The van der Waals surface area contributed by atoms with Crippen molar-refractivity contribution < 1.29 is 18.0 Å². The van der Waals surface area contributed by atoms with E-state index in [1.807, 2.05) is 30.0 Å². The average Bonchev–Trinajstić information content (AvgIpc) is 3.17. The van der Waals surface area contributed by atoms with Gasteiger partial charge in [0, 0.05) is 42.9 Å². The Hall–Kier alpha value is -2.78. The molecule has 2 amide bonds. The van der Waals surface area contributed by atoms with Gasteiger partial charge in [0.15, 0.2) is 0 Å². The molecule has 186 valence electrons. The number of aromatic nitrogens is 1. The van der Waals surface area contributed by atoms with E-state index < -0.39 is 10.0 Å². The maximum absolute atomic E-state index is 13.4. The van der Waals surface area contributed by atoms with Crippen molar-refractivity contribution in [1.29, 1.82) is 0 Å². The minimum absolute atomic E-state index is 0.0383. The number of fused-ring (bicyclic) bond motifs is 1. The Kier molecular flexibility index (Phi) is 6.63.